The molecule has 0 aliphatic heterocycles. The lowest BCUT2D eigenvalue weighted by Gasteiger charge is -2.16. The number of esters is 1. The summed E-state index contributed by atoms with van der Waals surface area (Å²) in [5.74, 6) is 0.0970. The number of nitrogens with zero attached hydrogens (tertiary/aromatic N) is 2. The van der Waals surface area contributed by atoms with E-state index in [1.807, 2.05) is 36.4 Å². The lowest BCUT2D eigenvalue weighted by Crippen LogP contribution is -2.24. The normalized spacial score (nSPS) is 13.3. The van der Waals surface area contributed by atoms with Crippen molar-refractivity contribution in [1.29, 1.82) is 0 Å². The summed E-state index contributed by atoms with van der Waals surface area (Å²) >= 11 is 1.22. The minimum atomic E-state index is -0.483. The predicted octanol–water partition coefficient (Wildman–Crippen LogP) is 4.55. The average Bonchev–Trinajstić information content (AvgIpc) is 2.73. The molecule has 3 rings (SSSR count). The number of carbonyl (C=O) groups excluding carboxylic acids is 1. The van der Waals surface area contributed by atoms with Gasteiger partial charge in [0.15, 0.2) is 5.16 Å². The molecule has 0 saturated heterocycles. The fourth-order valence-electron chi connectivity index (χ4n) is 2.98. The van der Waals surface area contributed by atoms with E-state index in [0.29, 0.717) is 22.0 Å². The van der Waals surface area contributed by atoms with E-state index in [1.54, 1.807) is 23.6 Å². The van der Waals surface area contributed by atoms with Gasteiger partial charge < -0.3 is 4.74 Å². The van der Waals surface area contributed by atoms with Crippen LogP contribution in [0.5, 0.6) is 0 Å². The molecular weight excluding hydrogens is 372 g/mol. The first kappa shape index (κ1) is 20.1. The fraction of sp³-hybridized carbons (Fsp3) is 0.318. The standard InChI is InChI=1S/C22H24N2O3S/c1-5-14(2)16-10-12-17(13-11-16)24-20(25)18-8-6-7-9-19(18)23-22(24)28-15(3)21(26)27-4/h6-15H,5H2,1-4H3/t14-,15+/m1/s1. The summed E-state index contributed by atoms with van der Waals surface area (Å²) in [5, 5.41) is 0.533. The molecule has 5 nitrogen and oxygen atoms in total. The lowest BCUT2D eigenvalue weighted by atomic mass is 9.98. The second kappa shape index (κ2) is 8.61. The van der Waals surface area contributed by atoms with Gasteiger partial charge in [0.05, 0.1) is 23.7 Å². The van der Waals surface area contributed by atoms with E-state index < -0.39 is 5.25 Å². The van der Waals surface area contributed by atoms with Gasteiger partial charge in [-0.3, -0.25) is 14.2 Å². The van der Waals surface area contributed by atoms with Crippen LogP contribution in [0.3, 0.4) is 0 Å². The van der Waals surface area contributed by atoms with Crippen molar-refractivity contribution >= 4 is 28.6 Å². The highest BCUT2D eigenvalue weighted by molar-refractivity contribution is 8.00. The number of hydrogen-bond donors (Lipinski definition) is 0. The zero-order valence-electron chi connectivity index (χ0n) is 16.5. The Morgan fingerprint density at radius 2 is 1.82 bits per heavy atom. The van der Waals surface area contributed by atoms with Gasteiger partial charge in [0.25, 0.3) is 5.56 Å². The maximum Gasteiger partial charge on any atom is 0.318 e. The number of hydrogen-bond acceptors (Lipinski definition) is 5. The number of fused-ring (bicyclic) bond motifs is 1. The summed E-state index contributed by atoms with van der Waals surface area (Å²) in [4.78, 5) is 29.8. The van der Waals surface area contributed by atoms with Crippen molar-refractivity contribution in [3.63, 3.8) is 0 Å². The molecule has 0 bridgehead atoms. The van der Waals surface area contributed by atoms with Crippen molar-refractivity contribution in [2.24, 2.45) is 0 Å². The molecule has 0 aliphatic carbocycles. The van der Waals surface area contributed by atoms with Gasteiger partial charge in [-0.2, -0.15) is 0 Å². The van der Waals surface area contributed by atoms with Gasteiger partial charge in [-0.05, 0) is 49.1 Å². The number of carbonyl (C=O) groups is 1. The molecule has 28 heavy (non-hydrogen) atoms. The Kier molecular flexibility index (Phi) is 6.19. The Labute approximate surface area is 168 Å². The summed E-state index contributed by atoms with van der Waals surface area (Å²) in [6, 6.07) is 15.2. The van der Waals surface area contributed by atoms with Crippen LogP contribution >= 0.6 is 11.8 Å². The summed E-state index contributed by atoms with van der Waals surface area (Å²) in [7, 11) is 1.36. The van der Waals surface area contributed by atoms with Crippen molar-refractivity contribution in [3.05, 3.63) is 64.4 Å². The van der Waals surface area contributed by atoms with E-state index in [9.17, 15) is 9.59 Å². The minimum Gasteiger partial charge on any atom is -0.468 e. The summed E-state index contributed by atoms with van der Waals surface area (Å²) in [5.41, 5.74) is 2.42. The molecule has 1 aromatic heterocycles. The fourth-order valence-corrected chi connectivity index (χ4v) is 3.93. The Morgan fingerprint density at radius 3 is 2.46 bits per heavy atom. The molecule has 0 amide bonds. The molecule has 2 atom stereocenters. The Balaban J connectivity index is 2.16. The molecule has 0 unspecified atom stereocenters. The number of benzene rings is 2. The van der Waals surface area contributed by atoms with E-state index in [-0.39, 0.29) is 11.5 Å². The van der Waals surface area contributed by atoms with Crippen LogP contribution in [0.1, 0.15) is 38.7 Å². The number of ether oxygens (including phenoxy) is 1. The Morgan fingerprint density at radius 1 is 1.14 bits per heavy atom. The second-order valence-corrected chi connectivity index (χ2v) is 8.04. The van der Waals surface area contributed by atoms with E-state index in [2.05, 4.69) is 18.8 Å². The lowest BCUT2D eigenvalue weighted by molar-refractivity contribution is -0.139. The zero-order chi connectivity index (χ0) is 20.3. The van der Waals surface area contributed by atoms with Crippen LogP contribution in [0.15, 0.2) is 58.5 Å². The number of rotatable bonds is 6. The molecular formula is C22H24N2O3S. The molecule has 2 aromatic carbocycles. The van der Waals surface area contributed by atoms with Crippen molar-refractivity contribution in [3.8, 4) is 5.69 Å². The molecule has 1 heterocycles. The monoisotopic (exact) mass is 396 g/mol. The highest BCUT2D eigenvalue weighted by atomic mass is 32.2. The molecule has 0 saturated carbocycles. The smallest absolute Gasteiger partial charge is 0.318 e. The van der Waals surface area contributed by atoms with Crippen molar-refractivity contribution in [2.75, 3.05) is 7.11 Å². The third-order valence-electron chi connectivity index (χ3n) is 4.89. The third-order valence-corrected chi connectivity index (χ3v) is 5.92. The topological polar surface area (TPSA) is 61.2 Å². The Bertz CT molecular complexity index is 1040. The van der Waals surface area contributed by atoms with Gasteiger partial charge in [0, 0.05) is 0 Å². The molecule has 0 aliphatic rings. The highest BCUT2D eigenvalue weighted by Crippen LogP contribution is 2.27. The van der Waals surface area contributed by atoms with Crippen LogP contribution in [0.25, 0.3) is 16.6 Å². The summed E-state index contributed by atoms with van der Waals surface area (Å²) in [6.07, 6.45) is 1.05. The van der Waals surface area contributed by atoms with Crippen molar-refractivity contribution in [1.82, 2.24) is 9.55 Å². The molecule has 6 heteroatoms. The molecule has 0 fully saturated rings. The first-order chi connectivity index (χ1) is 13.5. The molecule has 3 aromatic rings. The van der Waals surface area contributed by atoms with Crippen LogP contribution < -0.4 is 5.56 Å². The molecule has 0 spiro atoms. The van der Waals surface area contributed by atoms with Crippen molar-refractivity contribution in [2.45, 2.75) is 43.5 Å². The molecule has 0 N–H and O–H groups in total. The van der Waals surface area contributed by atoms with E-state index in [0.717, 1.165) is 12.1 Å². The van der Waals surface area contributed by atoms with E-state index >= 15 is 0 Å². The van der Waals surface area contributed by atoms with Gasteiger partial charge in [-0.25, -0.2) is 4.98 Å². The number of para-hydroxylation sites is 1. The molecule has 146 valence electrons. The average molecular weight is 397 g/mol. The van der Waals surface area contributed by atoms with Gasteiger partial charge in [-0.1, -0.05) is 49.9 Å². The quantitative estimate of drug-likeness (QED) is 0.347. The van der Waals surface area contributed by atoms with Crippen LogP contribution in [-0.4, -0.2) is 27.9 Å². The first-order valence-electron chi connectivity index (χ1n) is 9.32. The number of aromatic nitrogens is 2. The van der Waals surface area contributed by atoms with Gasteiger partial charge in [0.2, 0.25) is 0 Å². The predicted molar refractivity (Wildman–Crippen MR) is 113 cm³/mol. The summed E-state index contributed by atoms with van der Waals surface area (Å²) in [6.45, 7) is 6.07. The minimum absolute atomic E-state index is 0.151. The van der Waals surface area contributed by atoms with Crippen LogP contribution in [0.2, 0.25) is 0 Å². The van der Waals surface area contributed by atoms with Crippen LogP contribution in [0.4, 0.5) is 0 Å². The van der Waals surface area contributed by atoms with E-state index in [4.69, 9.17) is 4.74 Å². The van der Waals surface area contributed by atoms with Gasteiger partial charge in [0.1, 0.15) is 5.25 Å². The summed E-state index contributed by atoms with van der Waals surface area (Å²) < 4.78 is 6.40. The number of methoxy groups -OCH3 is 1. The van der Waals surface area contributed by atoms with Crippen LogP contribution in [-0.2, 0) is 9.53 Å². The zero-order valence-corrected chi connectivity index (χ0v) is 17.3. The third kappa shape index (κ3) is 3.97. The van der Waals surface area contributed by atoms with E-state index in [1.165, 1.54) is 24.4 Å². The SMILES string of the molecule is CC[C@@H](C)c1ccc(-n2c(S[C@@H](C)C(=O)OC)nc3ccccc3c2=O)cc1. The Hall–Kier alpha value is -2.60. The van der Waals surface area contributed by atoms with Crippen LogP contribution in [0, 0.1) is 0 Å². The second-order valence-electron chi connectivity index (χ2n) is 6.74. The first-order valence-corrected chi connectivity index (χ1v) is 10.2. The highest BCUT2D eigenvalue weighted by Gasteiger charge is 2.20. The maximum atomic E-state index is 13.2. The molecule has 0 radical (unpaired) electrons. The van der Waals surface area contributed by atoms with Gasteiger partial charge >= 0.3 is 5.97 Å². The largest absolute Gasteiger partial charge is 0.468 e. The van der Waals surface area contributed by atoms with Crippen molar-refractivity contribution < 1.29 is 9.53 Å². The van der Waals surface area contributed by atoms with Gasteiger partial charge in [-0.15, -0.1) is 0 Å². The maximum absolute atomic E-state index is 13.2. The number of thioether (sulfide) groups is 1.